The Morgan fingerprint density at radius 1 is 0.776 bits per heavy atom. The number of nitriles is 1. The first kappa shape index (κ1) is 36.7. The Morgan fingerprint density at radius 2 is 1.36 bits per heavy atom. The number of nitrogens with zero attached hydrogens (tertiary/aromatic N) is 9. The Bertz CT molecular complexity index is 2570. The van der Waals surface area contributed by atoms with E-state index in [1.165, 1.54) is 4.90 Å². The van der Waals surface area contributed by atoms with Gasteiger partial charge in [-0.2, -0.15) is 5.26 Å². The number of urea groups is 1. The van der Waals surface area contributed by atoms with Crippen molar-refractivity contribution in [3.05, 3.63) is 190 Å². The van der Waals surface area contributed by atoms with E-state index in [9.17, 15) is 14.9 Å². The number of carbonyl (C=O) groups excluding carboxylic acids is 2. The molecule has 284 valence electrons. The fourth-order valence-electron chi connectivity index (χ4n) is 8.58. The summed E-state index contributed by atoms with van der Waals surface area (Å²) in [5, 5.41) is 23.6. The number of halogens is 2. The van der Waals surface area contributed by atoms with Crippen molar-refractivity contribution in [2.45, 2.75) is 17.0 Å². The summed E-state index contributed by atoms with van der Waals surface area (Å²) in [7, 11) is 1.64. The van der Waals surface area contributed by atoms with Crippen LogP contribution in [0.4, 0.5) is 16.3 Å². The molecule has 0 N–H and O–H groups in total. The molecule has 11 nitrogen and oxygen atoms in total. The van der Waals surface area contributed by atoms with Gasteiger partial charge in [-0.3, -0.25) is 4.79 Å². The minimum Gasteiger partial charge on any atom is -0.353 e. The van der Waals surface area contributed by atoms with Crippen LogP contribution in [0, 0.1) is 11.3 Å². The molecule has 13 heteroatoms. The monoisotopic (exact) mass is 801 g/mol. The Hall–Kier alpha value is -6.87. The second-order valence-corrected chi connectivity index (χ2v) is 15.2. The third-order valence-corrected chi connectivity index (χ3v) is 11.7. The van der Waals surface area contributed by atoms with Crippen molar-refractivity contribution in [3.8, 4) is 17.5 Å². The number of carbonyl (C=O) groups is 2. The van der Waals surface area contributed by atoms with E-state index in [1.807, 2.05) is 88.4 Å². The van der Waals surface area contributed by atoms with Crippen molar-refractivity contribution in [2.75, 3.05) is 29.9 Å². The molecule has 5 aromatic carbocycles. The van der Waals surface area contributed by atoms with Gasteiger partial charge in [0, 0.05) is 41.3 Å². The van der Waals surface area contributed by atoms with Gasteiger partial charge in [-0.1, -0.05) is 126 Å². The molecule has 9 rings (SSSR count). The number of anilines is 2. The second kappa shape index (κ2) is 14.6. The van der Waals surface area contributed by atoms with Gasteiger partial charge in [-0.15, -0.1) is 5.10 Å². The first-order valence-corrected chi connectivity index (χ1v) is 19.3. The molecule has 2 aliphatic heterocycles. The van der Waals surface area contributed by atoms with Crippen molar-refractivity contribution in [1.29, 1.82) is 5.26 Å². The van der Waals surface area contributed by atoms with Gasteiger partial charge in [-0.25, -0.2) is 19.4 Å². The number of imide groups is 1. The predicted octanol–water partition coefficient (Wildman–Crippen LogP) is 8.19. The first-order chi connectivity index (χ1) is 28.2. The molecule has 2 atom stereocenters. The summed E-state index contributed by atoms with van der Waals surface area (Å²) < 4.78 is 1.85. The van der Waals surface area contributed by atoms with Crippen LogP contribution in [0.3, 0.4) is 0 Å². The molecule has 58 heavy (non-hydrogen) atoms. The molecule has 0 bridgehead atoms. The van der Waals surface area contributed by atoms with Crippen molar-refractivity contribution < 1.29 is 9.59 Å². The van der Waals surface area contributed by atoms with Gasteiger partial charge >= 0.3 is 6.03 Å². The zero-order valence-electron chi connectivity index (χ0n) is 31.0. The third kappa shape index (κ3) is 5.80. The van der Waals surface area contributed by atoms with Gasteiger partial charge in [0.25, 0.3) is 5.91 Å². The van der Waals surface area contributed by atoms with Crippen molar-refractivity contribution in [2.24, 2.45) is 0 Å². The molecule has 2 aromatic heterocycles. The fraction of sp³-hybridized carbons (Fsp3) is 0.133. The zero-order valence-corrected chi connectivity index (χ0v) is 32.5. The SMILES string of the molecule is CN1C(=O)N(c2cc(Cl)cc(Cl)c2)C(=O)[C@]12CN(c1ccc(-c3nnnn3C(c3ccccc3)(c3ccccc3)c3ccccc3)cn1)C[C@H]2c1ccc(C#N)cc1. The number of aromatic nitrogens is 5. The largest absolute Gasteiger partial charge is 0.353 e. The minimum absolute atomic E-state index is 0.146. The zero-order chi connectivity index (χ0) is 40.0. The van der Waals surface area contributed by atoms with E-state index in [-0.39, 0.29) is 12.2 Å². The molecule has 3 amide bonds. The molecule has 2 aliphatic rings. The first-order valence-electron chi connectivity index (χ1n) is 18.5. The normalized spacial score (nSPS) is 18.0. The van der Waals surface area contributed by atoms with E-state index in [2.05, 4.69) is 58.0 Å². The summed E-state index contributed by atoms with van der Waals surface area (Å²) in [6.45, 7) is 0.495. The van der Waals surface area contributed by atoms with Gasteiger partial charge in [0.2, 0.25) is 0 Å². The summed E-state index contributed by atoms with van der Waals surface area (Å²) in [5.74, 6) is 0.191. The number of likely N-dealkylation sites (N-methyl/N-ethyl adjacent to an activating group) is 1. The van der Waals surface area contributed by atoms with Crippen LogP contribution in [-0.4, -0.2) is 67.7 Å². The van der Waals surface area contributed by atoms with Gasteiger partial charge in [0.05, 0.1) is 23.9 Å². The fourth-order valence-corrected chi connectivity index (χ4v) is 9.10. The van der Waals surface area contributed by atoms with E-state index in [1.54, 1.807) is 43.6 Å². The van der Waals surface area contributed by atoms with E-state index < -0.39 is 28.9 Å². The van der Waals surface area contributed by atoms with Crippen LogP contribution in [0.5, 0.6) is 0 Å². The van der Waals surface area contributed by atoms with Crippen LogP contribution in [0.15, 0.2) is 152 Å². The Balaban J connectivity index is 1.13. The Kier molecular flexibility index (Phi) is 9.23. The lowest BCUT2D eigenvalue weighted by Gasteiger charge is -2.36. The molecule has 0 saturated carbocycles. The molecule has 2 saturated heterocycles. The highest BCUT2D eigenvalue weighted by Crippen LogP contribution is 2.48. The second-order valence-electron chi connectivity index (χ2n) is 14.3. The summed E-state index contributed by atoms with van der Waals surface area (Å²) in [5.41, 5.74) is 2.87. The average molecular weight is 803 g/mol. The highest BCUT2D eigenvalue weighted by Gasteiger charge is 2.64. The lowest BCUT2D eigenvalue weighted by atomic mass is 9.77. The average Bonchev–Trinajstić information content (AvgIpc) is 3.96. The van der Waals surface area contributed by atoms with Gasteiger partial charge in [0.15, 0.2) is 5.82 Å². The topological polar surface area (TPSA) is 124 Å². The van der Waals surface area contributed by atoms with Gasteiger partial charge < -0.3 is 9.80 Å². The summed E-state index contributed by atoms with van der Waals surface area (Å²) in [6, 6.07) is 47.7. The lowest BCUT2D eigenvalue weighted by molar-refractivity contribution is -0.124. The van der Waals surface area contributed by atoms with E-state index in [0.717, 1.165) is 27.2 Å². The Morgan fingerprint density at radius 3 is 1.90 bits per heavy atom. The summed E-state index contributed by atoms with van der Waals surface area (Å²) in [4.78, 5) is 38.5. The Labute approximate surface area is 344 Å². The highest BCUT2D eigenvalue weighted by atomic mass is 35.5. The van der Waals surface area contributed by atoms with Gasteiger partial charge in [0.1, 0.15) is 16.9 Å². The van der Waals surface area contributed by atoms with Gasteiger partial charge in [-0.05, 0) is 75.1 Å². The summed E-state index contributed by atoms with van der Waals surface area (Å²) >= 11 is 12.7. The maximum Gasteiger partial charge on any atom is 0.332 e. The summed E-state index contributed by atoms with van der Waals surface area (Å²) in [6.07, 6.45) is 1.73. The number of amides is 3. The maximum absolute atomic E-state index is 14.8. The smallest absolute Gasteiger partial charge is 0.332 e. The number of pyridine rings is 1. The van der Waals surface area contributed by atoms with E-state index >= 15 is 0 Å². The molecule has 0 unspecified atom stereocenters. The molecule has 4 heterocycles. The predicted molar refractivity (Wildman–Crippen MR) is 222 cm³/mol. The maximum atomic E-state index is 14.8. The third-order valence-electron chi connectivity index (χ3n) is 11.3. The molecular formula is C45H33Cl2N9O2. The lowest BCUT2D eigenvalue weighted by Crippen LogP contribution is -2.53. The van der Waals surface area contributed by atoms with E-state index in [4.69, 9.17) is 28.2 Å². The molecule has 0 radical (unpaired) electrons. The quantitative estimate of drug-likeness (QED) is 0.111. The van der Waals surface area contributed by atoms with Crippen LogP contribution >= 0.6 is 23.2 Å². The highest BCUT2D eigenvalue weighted by molar-refractivity contribution is 6.36. The van der Waals surface area contributed by atoms with Crippen LogP contribution in [-0.2, 0) is 10.3 Å². The molecular weight excluding hydrogens is 769 g/mol. The number of tetrazole rings is 1. The minimum atomic E-state index is -1.33. The number of benzene rings is 5. The van der Waals surface area contributed by atoms with Crippen LogP contribution in [0.2, 0.25) is 10.0 Å². The van der Waals surface area contributed by atoms with Crippen LogP contribution in [0.1, 0.15) is 33.7 Å². The standard InChI is InChI=1S/C45H33Cl2N9O2/c1-53-43(58)55(38-24-36(46)23-37(47)25-38)42(57)44(53)29-54(28-39(44)31-19-17-30(26-48)18-20-31)40-22-21-32(27-49-40)41-50-51-52-56(41)45(33-11-5-2-6-12-33,34-13-7-3-8-14-34)35-15-9-4-10-16-35/h2-25,27,39H,28-29H2,1H3/t39-,44+/m0/s1. The van der Waals surface area contributed by atoms with Crippen LogP contribution < -0.4 is 9.80 Å². The van der Waals surface area contributed by atoms with Crippen molar-refractivity contribution in [3.63, 3.8) is 0 Å². The molecule has 0 aliphatic carbocycles. The number of hydrogen-bond acceptors (Lipinski definition) is 8. The number of rotatable bonds is 8. The molecule has 7 aromatic rings. The van der Waals surface area contributed by atoms with Crippen LogP contribution in [0.25, 0.3) is 11.4 Å². The number of hydrogen-bond donors (Lipinski definition) is 0. The van der Waals surface area contributed by atoms with E-state index in [0.29, 0.717) is 39.4 Å². The molecule has 2 fully saturated rings. The molecule has 1 spiro atoms. The van der Waals surface area contributed by atoms with Crippen molar-refractivity contribution >= 4 is 46.6 Å². The van der Waals surface area contributed by atoms with Crippen molar-refractivity contribution in [1.82, 2.24) is 30.1 Å².